The van der Waals surface area contributed by atoms with Crippen molar-refractivity contribution in [1.29, 1.82) is 0 Å². The second kappa shape index (κ2) is 5.41. The Bertz CT molecular complexity index is 758. The lowest BCUT2D eigenvalue weighted by atomic mass is 9.96. The molecule has 1 unspecified atom stereocenters. The van der Waals surface area contributed by atoms with Crippen molar-refractivity contribution in [3.63, 3.8) is 0 Å². The van der Waals surface area contributed by atoms with Crippen LogP contribution in [0, 0.1) is 5.82 Å². The normalized spacial score (nSPS) is 15.7. The molecule has 0 bridgehead atoms. The predicted molar refractivity (Wildman–Crippen MR) is 84.3 cm³/mol. The standard InChI is InChI=1S/C19H17FN2/c20-18-4-2-1-3-17(18)19(22-12-11-21-13-22)16-9-7-15(8-10-16)14-5-6-14/h1-4,7-14,19H,5-6H2. The summed E-state index contributed by atoms with van der Waals surface area (Å²) in [7, 11) is 0. The Hall–Kier alpha value is -2.42. The van der Waals surface area contributed by atoms with Crippen LogP contribution < -0.4 is 0 Å². The molecular weight excluding hydrogens is 275 g/mol. The van der Waals surface area contributed by atoms with E-state index in [9.17, 15) is 4.39 Å². The third-order valence-corrected chi connectivity index (χ3v) is 4.32. The van der Waals surface area contributed by atoms with Crippen LogP contribution in [0.15, 0.2) is 67.3 Å². The van der Waals surface area contributed by atoms with Crippen molar-refractivity contribution in [3.05, 3.63) is 89.8 Å². The van der Waals surface area contributed by atoms with Crippen LogP contribution in [0.4, 0.5) is 4.39 Å². The molecule has 1 atom stereocenters. The van der Waals surface area contributed by atoms with Gasteiger partial charge in [0.2, 0.25) is 0 Å². The molecule has 2 nitrogen and oxygen atoms in total. The van der Waals surface area contributed by atoms with Crippen molar-refractivity contribution < 1.29 is 4.39 Å². The molecule has 0 amide bonds. The highest BCUT2D eigenvalue weighted by atomic mass is 19.1. The van der Waals surface area contributed by atoms with Gasteiger partial charge in [-0.3, -0.25) is 0 Å². The molecule has 1 aliphatic carbocycles. The number of halogens is 1. The van der Waals surface area contributed by atoms with Gasteiger partial charge in [0.05, 0.1) is 12.4 Å². The molecule has 1 saturated carbocycles. The molecule has 1 aliphatic rings. The van der Waals surface area contributed by atoms with Crippen molar-refractivity contribution in [2.24, 2.45) is 0 Å². The van der Waals surface area contributed by atoms with E-state index in [0.717, 1.165) is 11.5 Å². The van der Waals surface area contributed by atoms with E-state index in [1.54, 1.807) is 18.6 Å². The minimum atomic E-state index is -0.188. The average Bonchev–Trinajstić information content (AvgIpc) is 3.27. The first-order valence-corrected chi connectivity index (χ1v) is 7.64. The fourth-order valence-corrected chi connectivity index (χ4v) is 3.00. The van der Waals surface area contributed by atoms with Crippen molar-refractivity contribution in [2.45, 2.75) is 24.8 Å². The minimum Gasteiger partial charge on any atom is -0.326 e. The smallest absolute Gasteiger partial charge is 0.128 e. The molecule has 4 rings (SSSR count). The van der Waals surface area contributed by atoms with Gasteiger partial charge in [0.15, 0.2) is 0 Å². The molecule has 2 aromatic carbocycles. The molecule has 1 fully saturated rings. The summed E-state index contributed by atoms with van der Waals surface area (Å²) in [4.78, 5) is 4.12. The topological polar surface area (TPSA) is 17.8 Å². The first-order chi connectivity index (χ1) is 10.8. The molecule has 0 aliphatic heterocycles. The molecule has 0 N–H and O–H groups in total. The van der Waals surface area contributed by atoms with E-state index in [1.807, 2.05) is 22.9 Å². The summed E-state index contributed by atoms with van der Waals surface area (Å²) in [5, 5.41) is 0. The number of aromatic nitrogens is 2. The summed E-state index contributed by atoms with van der Waals surface area (Å²) in [5.41, 5.74) is 3.13. The first kappa shape index (κ1) is 13.3. The zero-order valence-corrected chi connectivity index (χ0v) is 12.2. The highest BCUT2D eigenvalue weighted by Crippen LogP contribution is 2.40. The van der Waals surface area contributed by atoms with Gasteiger partial charge in [0.25, 0.3) is 0 Å². The second-order valence-corrected chi connectivity index (χ2v) is 5.87. The fourth-order valence-electron chi connectivity index (χ4n) is 3.00. The summed E-state index contributed by atoms with van der Waals surface area (Å²) in [6, 6.07) is 15.4. The van der Waals surface area contributed by atoms with Crippen molar-refractivity contribution in [1.82, 2.24) is 9.55 Å². The van der Waals surface area contributed by atoms with Crippen LogP contribution in [-0.2, 0) is 0 Å². The van der Waals surface area contributed by atoms with Gasteiger partial charge in [-0.25, -0.2) is 9.37 Å². The molecule has 0 saturated heterocycles. The van der Waals surface area contributed by atoms with Crippen LogP contribution in [0.25, 0.3) is 0 Å². The van der Waals surface area contributed by atoms with Gasteiger partial charge in [-0.05, 0) is 36.0 Å². The van der Waals surface area contributed by atoms with E-state index in [-0.39, 0.29) is 11.9 Å². The number of nitrogens with zero attached hydrogens (tertiary/aromatic N) is 2. The highest BCUT2D eigenvalue weighted by Gasteiger charge is 2.24. The number of benzene rings is 2. The number of hydrogen-bond acceptors (Lipinski definition) is 1. The van der Waals surface area contributed by atoms with E-state index in [1.165, 1.54) is 24.5 Å². The minimum absolute atomic E-state index is 0.183. The number of rotatable bonds is 4. The molecule has 0 radical (unpaired) electrons. The Balaban J connectivity index is 1.78. The molecule has 110 valence electrons. The number of hydrogen-bond donors (Lipinski definition) is 0. The molecular formula is C19H17FN2. The number of imidazole rings is 1. The first-order valence-electron chi connectivity index (χ1n) is 7.64. The average molecular weight is 292 g/mol. The van der Waals surface area contributed by atoms with Gasteiger partial charge >= 0.3 is 0 Å². The Labute approximate surface area is 129 Å². The molecule has 0 spiro atoms. The third-order valence-electron chi connectivity index (χ3n) is 4.32. The maximum absolute atomic E-state index is 14.3. The van der Waals surface area contributed by atoms with Crippen molar-refractivity contribution in [2.75, 3.05) is 0 Å². The monoisotopic (exact) mass is 292 g/mol. The van der Waals surface area contributed by atoms with E-state index in [4.69, 9.17) is 0 Å². The fraction of sp³-hybridized carbons (Fsp3) is 0.211. The van der Waals surface area contributed by atoms with Gasteiger partial charge in [-0.1, -0.05) is 42.5 Å². The summed E-state index contributed by atoms with van der Waals surface area (Å²) in [6.45, 7) is 0. The largest absolute Gasteiger partial charge is 0.326 e. The Kier molecular flexibility index (Phi) is 3.26. The summed E-state index contributed by atoms with van der Waals surface area (Å²) in [5.74, 6) is 0.543. The molecule has 3 aromatic rings. The molecule has 22 heavy (non-hydrogen) atoms. The van der Waals surface area contributed by atoms with Crippen molar-refractivity contribution >= 4 is 0 Å². The lowest BCUT2D eigenvalue weighted by molar-refractivity contribution is 0.572. The van der Waals surface area contributed by atoms with Crippen LogP contribution in [0.5, 0.6) is 0 Å². The summed E-state index contributed by atoms with van der Waals surface area (Å²) in [6.07, 6.45) is 7.93. The van der Waals surface area contributed by atoms with E-state index < -0.39 is 0 Å². The maximum atomic E-state index is 14.3. The van der Waals surface area contributed by atoms with Gasteiger partial charge in [0, 0.05) is 18.0 Å². The maximum Gasteiger partial charge on any atom is 0.128 e. The van der Waals surface area contributed by atoms with Crippen LogP contribution in [0.3, 0.4) is 0 Å². The summed E-state index contributed by atoms with van der Waals surface area (Å²) < 4.78 is 16.2. The Morgan fingerprint density at radius 2 is 1.82 bits per heavy atom. The van der Waals surface area contributed by atoms with Crippen LogP contribution in [0.1, 0.15) is 41.5 Å². The van der Waals surface area contributed by atoms with Crippen molar-refractivity contribution in [3.8, 4) is 0 Å². The Morgan fingerprint density at radius 1 is 1.05 bits per heavy atom. The van der Waals surface area contributed by atoms with Gasteiger partial charge in [0.1, 0.15) is 5.82 Å². The Morgan fingerprint density at radius 3 is 2.45 bits per heavy atom. The van der Waals surface area contributed by atoms with Gasteiger partial charge < -0.3 is 4.57 Å². The zero-order valence-electron chi connectivity index (χ0n) is 12.2. The molecule has 1 aromatic heterocycles. The van der Waals surface area contributed by atoms with Gasteiger partial charge in [-0.2, -0.15) is 0 Å². The molecule has 1 heterocycles. The quantitative estimate of drug-likeness (QED) is 0.690. The lowest BCUT2D eigenvalue weighted by Crippen LogP contribution is -2.12. The predicted octanol–water partition coefficient (Wildman–Crippen LogP) is 4.54. The highest BCUT2D eigenvalue weighted by molar-refractivity contribution is 5.36. The summed E-state index contributed by atoms with van der Waals surface area (Å²) >= 11 is 0. The van der Waals surface area contributed by atoms with Crippen LogP contribution in [0.2, 0.25) is 0 Å². The molecule has 3 heteroatoms. The third kappa shape index (κ3) is 2.43. The van der Waals surface area contributed by atoms with E-state index >= 15 is 0 Å². The van der Waals surface area contributed by atoms with E-state index in [0.29, 0.717) is 5.56 Å². The second-order valence-electron chi connectivity index (χ2n) is 5.87. The van der Waals surface area contributed by atoms with Gasteiger partial charge in [-0.15, -0.1) is 0 Å². The lowest BCUT2D eigenvalue weighted by Gasteiger charge is -2.20. The van der Waals surface area contributed by atoms with Crippen LogP contribution >= 0.6 is 0 Å². The van der Waals surface area contributed by atoms with Crippen LogP contribution in [-0.4, -0.2) is 9.55 Å². The van der Waals surface area contributed by atoms with E-state index in [2.05, 4.69) is 29.2 Å². The SMILES string of the molecule is Fc1ccccc1C(c1ccc(C2CC2)cc1)n1ccnc1. The zero-order chi connectivity index (χ0) is 14.9.